The van der Waals surface area contributed by atoms with Crippen molar-refractivity contribution in [2.75, 3.05) is 40.4 Å². The number of carbonyl (C=O) groups excluding carboxylic acids is 2. The van der Waals surface area contributed by atoms with Crippen molar-refractivity contribution in [1.29, 1.82) is 0 Å². The van der Waals surface area contributed by atoms with Gasteiger partial charge < -0.3 is 23.7 Å². The van der Waals surface area contributed by atoms with Crippen LogP contribution in [-0.2, 0) is 29.0 Å². The summed E-state index contributed by atoms with van der Waals surface area (Å²) in [7, 11) is 3.09. The molecule has 1 fully saturated rings. The highest BCUT2D eigenvalue weighted by Crippen LogP contribution is 2.26. The van der Waals surface area contributed by atoms with Gasteiger partial charge in [0.25, 0.3) is 5.56 Å². The van der Waals surface area contributed by atoms with E-state index in [1.165, 1.54) is 13.2 Å². The van der Waals surface area contributed by atoms with Crippen molar-refractivity contribution in [1.82, 2.24) is 14.4 Å². The molecule has 1 aromatic carbocycles. The van der Waals surface area contributed by atoms with E-state index in [0.29, 0.717) is 50.3 Å². The van der Waals surface area contributed by atoms with Gasteiger partial charge in [-0.15, -0.1) is 0 Å². The second-order valence-electron chi connectivity index (χ2n) is 9.80. The van der Waals surface area contributed by atoms with Crippen molar-refractivity contribution < 1.29 is 23.8 Å². The van der Waals surface area contributed by atoms with E-state index < -0.39 is 5.97 Å². The summed E-state index contributed by atoms with van der Waals surface area (Å²) in [5, 5.41) is 0. The van der Waals surface area contributed by atoms with Crippen LogP contribution in [0.3, 0.4) is 0 Å². The first-order valence-electron chi connectivity index (χ1n) is 12.4. The van der Waals surface area contributed by atoms with E-state index in [1.54, 1.807) is 16.5 Å². The third kappa shape index (κ3) is 5.90. The Bertz CT molecular complexity index is 1160. The van der Waals surface area contributed by atoms with Crippen molar-refractivity contribution in [3.8, 4) is 11.5 Å². The Labute approximate surface area is 211 Å². The van der Waals surface area contributed by atoms with E-state index in [2.05, 4.69) is 17.0 Å². The molecule has 1 saturated heterocycles. The Hall–Kier alpha value is -3.33. The monoisotopic (exact) mass is 497 g/mol. The molecule has 0 saturated carbocycles. The minimum atomic E-state index is -0.525. The Balaban J connectivity index is 1.50. The highest BCUT2D eigenvalue weighted by Gasteiger charge is 2.30. The number of aromatic nitrogens is 1. The molecule has 194 valence electrons. The third-order valence-corrected chi connectivity index (χ3v) is 6.67. The molecule has 1 amide bonds. The Kier molecular flexibility index (Phi) is 7.98. The molecule has 0 radical (unpaired) electrons. The quantitative estimate of drug-likeness (QED) is 0.517. The minimum Gasteiger partial charge on any atom is -0.492 e. The number of fused-ring (bicyclic) bond motifs is 1. The van der Waals surface area contributed by atoms with Gasteiger partial charge in [-0.25, -0.2) is 4.79 Å². The van der Waals surface area contributed by atoms with E-state index >= 15 is 0 Å². The zero-order valence-corrected chi connectivity index (χ0v) is 21.5. The van der Waals surface area contributed by atoms with Crippen LogP contribution in [0, 0.1) is 5.92 Å². The van der Waals surface area contributed by atoms with Crippen LogP contribution < -0.4 is 15.0 Å². The first-order chi connectivity index (χ1) is 17.2. The molecule has 9 heteroatoms. The number of ether oxygens (including phenoxy) is 3. The third-order valence-electron chi connectivity index (χ3n) is 6.67. The number of methoxy groups -OCH3 is 1. The fourth-order valence-corrected chi connectivity index (χ4v) is 4.87. The first kappa shape index (κ1) is 25.8. The first-order valence-corrected chi connectivity index (χ1v) is 12.4. The zero-order valence-electron chi connectivity index (χ0n) is 21.5. The summed E-state index contributed by atoms with van der Waals surface area (Å²) in [5.41, 5.74) is 1.88. The number of pyridine rings is 1. The maximum atomic E-state index is 13.0. The Morgan fingerprint density at radius 2 is 1.86 bits per heavy atom. The SMILES string of the molecule is COC(=O)c1c(OC[C@@H]2CC(=O)N(C)C2)cc(=O)n2c1CCN(Cc1ccc(OC(C)C)cc1)CC2. The molecule has 1 atom stereocenters. The molecule has 0 aliphatic carbocycles. The zero-order chi connectivity index (χ0) is 25.8. The number of rotatable bonds is 8. The summed E-state index contributed by atoms with van der Waals surface area (Å²) >= 11 is 0. The van der Waals surface area contributed by atoms with E-state index in [4.69, 9.17) is 14.2 Å². The van der Waals surface area contributed by atoms with Gasteiger partial charge in [0.1, 0.15) is 17.1 Å². The van der Waals surface area contributed by atoms with Crippen LogP contribution in [0.1, 0.15) is 41.9 Å². The molecule has 9 nitrogen and oxygen atoms in total. The molecule has 1 aromatic heterocycles. The fourth-order valence-electron chi connectivity index (χ4n) is 4.87. The number of hydrogen-bond acceptors (Lipinski definition) is 7. The number of likely N-dealkylation sites (tertiary alicyclic amines) is 1. The average Bonchev–Trinajstić information content (AvgIpc) is 3.03. The standard InChI is InChI=1S/C27H35N3O6/c1-18(2)36-21-7-5-19(6-8-21)16-29-10-9-22-26(27(33)34-4)23(14-25(32)30(22)12-11-29)35-17-20-13-24(31)28(3)15-20/h5-8,14,18,20H,9-13,15-17H2,1-4H3/t20-/m1/s1. The number of hydrogen-bond donors (Lipinski definition) is 0. The highest BCUT2D eigenvalue weighted by atomic mass is 16.5. The van der Waals surface area contributed by atoms with Crippen LogP contribution in [0.25, 0.3) is 0 Å². The van der Waals surface area contributed by atoms with Gasteiger partial charge in [0.05, 0.1) is 19.8 Å². The summed E-state index contributed by atoms with van der Waals surface area (Å²) in [5.74, 6) is 0.632. The van der Waals surface area contributed by atoms with Gasteiger partial charge in [-0.3, -0.25) is 14.5 Å². The van der Waals surface area contributed by atoms with Crippen molar-refractivity contribution in [2.45, 2.75) is 45.9 Å². The molecule has 0 N–H and O–H groups in total. The Morgan fingerprint density at radius 3 is 2.50 bits per heavy atom. The van der Waals surface area contributed by atoms with Crippen LogP contribution in [-0.4, -0.2) is 72.7 Å². The smallest absolute Gasteiger partial charge is 0.343 e. The molecular formula is C27H35N3O6. The average molecular weight is 498 g/mol. The second-order valence-corrected chi connectivity index (χ2v) is 9.80. The van der Waals surface area contributed by atoms with Crippen LogP contribution >= 0.6 is 0 Å². The molecule has 2 aliphatic heterocycles. The van der Waals surface area contributed by atoms with Crippen LogP contribution in [0.4, 0.5) is 0 Å². The maximum absolute atomic E-state index is 13.0. The number of amides is 1. The molecule has 3 heterocycles. The molecule has 0 bridgehead atoms. The van der Waals surface area contributed by atoms with E-state index in [0.717, 1.165) is 17.9 Å². The lowest BCUT2D eigenvalue weighted by Gasteiger charge is -2.19. The summed E-state index contributed by atoms with van der Waals surface area (Å²) in [6.45, 7) is 7.39. The van der Waals surface area contributed by atoms with Crippen molar-refractivity contribution >= 4 is 11.9 Å². The van der Waals surface area contributed by atoms with Crippen LogP contribution in [0.5, 0.6) is 11.5 Å². The number of nitrogens with zero attached hydrogens (tertiary/aromatic N) is 3. The van der Waals surface area contributed by atoms with E-state index in [-0.39, 0.29) is 35.8 Å². The van der Waals surface area contributed by atoms with Gasteiger partial charge in [0.15, 0.2) is 0 Å². The lowest BCUT2D eigenvalue weighted by atomic mass is 10.1. The van der Waals surface area contributed by atoms with Gasteiger partial charge in [-0.05, 0) is 31.5 Å². The number of carbonyl (C=O) groups is 2. The summed E-state index contributed by atoms with van der Waals surface area (Å²) < 4.78 is 18.4. The molecule has 2 aromatic rings. The normalized spacial score (nSPS) is 18.2. The number of esters is 1. The van der Waals surface area contributed by atoms with Crippen LogP contribution in [0.15, 0.2) is 35.1 Å². The number of benzene rings is 1. The highest BCUT2D eigenvalue weighted by molar-refractivity contribution is 5.93. The van der Waals surface area contributed by atoms with Crippen molar-refractivity contribution in [2.24, 2.45) is 5.92 Å². The summed E-state index contributed by atoms with van der Waals surface area (Å²) in [4.78, 5) is 41.6. The Morgan fingerprint density at radius 1 is 1.11 bits per heavy atom. The lowest BCUT2D eigenvalue weighted by molar-refractivity contribution is -0.126. The summed E-state index contributed by atoms with van der Waals surface area (Å²) in [6, 6.07) is 9.43. The minimum absolute atomic E-state index is 0.0161. The van der Waals surface area contributed by atoms with Gasteiger partial charge in [-0.1, -0.05) is 12.1 Å². The molecule has 2 aliphatic rings. The molecule has 36 heavy (non-hydrogen) atoms. The van der Waals surface area contributed by atoms with E-state index in [9.17, 15) is 14.4 Å². The maximum Gasteiger partial charge on any atom is 0.343 e. The predicted molar refractivity (Wildman–Crippen MR) is 134 cm³/mol. The van der Waals surface area contributed by atoms with Crippen molar-refractivity contribution in [3.05, 3.63) is 57.5 Å². The van der Waals surface area contributed by atoms with Gasteiger partial charge in [0.2, 0.25) is 5.91 Å². The summed E-state index contributed by atoms with van der Waals surface area (Å²) in [6.07, 6.45) is 1.03. The molecule has 4 rings (SSSR count). The van der Waals surface area contributed by atoms with Gasteiger partial charge in [0, 0.05) is 70.3 Å². The van der Waals surface area contributed by atoms with E-state index in [1.807, 2.05) is 26.0 Å². The predicted octanol–water partition coefficient (Wildman–Crippen LogP) is 2.34. The van der Waals surface area contributed by atoms with Gasteiger partial charge in [-0.2, -0.15) is 0 Å². The van der Waals surface area contributed by atoms with Crippen LogP contribution in [0.2, 0.25) is 0 Å². The van der Waals surface area contributed by atoms with Gasteiger partial charge >= 0.3 is 5.97 Å². The molecule has 0 unspecified atom stereocenters. The lowest BCUT2D eigenvalue weighted by Crippen LogP contribution is -2.29. The molecule has 0 spiro atoms. The fraction of sp³-hybridized carbons (Fsp3) is 0.519. The topological polar surface area (TPSA) is 90.3 Å². The molecular weight excluding hydrogens is 462 g/mol. The largest absolute Gasteiger partial charge is 0.492 e. The second kappa shape index (κ2) is 11.2. The van der Waals surface area contributed by atoms with Crippen molar-refractivity contribution in [3.63, 3.8) is 0 Å².